The normalized spacial score (nSPS) is 11.3. The summed E-state index contributed by atoms with van der Waals surface area (Å²) in [6, 6.07) is 10.9. The van der Waals surface area contributed by atoms with Gasteiger partial charge < -0.3 is 5.32 Å². The van der Waals surface area contributed by atoms with E-state index in [0.29, 0.717) is 33.6 Å². The van der Waals surface area contributed by atoms with Gasteiger partial charge in [0.15, 0.2) is 17.2 Å². The van der Waals surface area contributed by atoms with Gasteiger partial charge in [0.2, 0.25) is 0 Å². The number of aryl methyl sites for hydroxylation is 1. The molecule has 0 aliphatic carbocycles. The van der Waals surface area contributed by atoms with Crippen LogP contribution in [0.3, 0.4) is 0 Å². The van der Waals surface area contributed by atoms with Crippen LogP contribution in [0, 0.1) is 0 Å². The fourth-order valence-electron chi connectivity index (χ4n) is 3.45. The monoisotopic (exact) mass is 558 g/mol. The number of carbonyl (C=O) groups is 1. The molecule has 1 aromatic carbocycles. The summed E-state index contributed by atoms with van der Waals surface area (Å²) < 4.78 is 5.83. The van der Waals surface area contributed by atoms with Crippen LogP contribution in [0.5, 0.6) is 0 Å². The first-order valence-electron chi connectivity index (χ1n) is 10.3. The van der Waals surface area contributed by atoms with E-state index in [1.807, 2.05) is 42.1 Å². The van der Waals surface area contributed by atoms with Crippen LogP contribution >= 0.6 is 39.1 Å². The molecule has 0 spiro atoms. The Balaban J connectivity index is 1.41. The van der Waals surface area contributed by atoms with Crippen LogP contribution in [0.25, 0.3) is 17.0 Å². The molecule has 172 valence electrons. The van der Waals surface area contributed by atoms with Crippen LogP contribution in [0.4, 0.5) is 5.82 Å². The lowest BCUT2D eigenvalue weighted by atomic mass is 10.2. The first kappa shape index (κ1) is 22.6. The molecule has 9 nitrogen and oxygen atoms in total. The van der Waals surface area contributed by atoms with Crippen LogP contribution in [0.2, 0.25) is 10.0 Å². The molecule has 0 saturated carbocycles. The fourth-order valence-corrected chi connectivity index (χ4v) is 4.37. The maximum absolute atomic E-state index is 13.0. The number of hydrogen-bond acceptors (Lipinski definition) is 5. The molecule has 0 fully saturated rings. The number of anilines is 1. The third-order valence-corrected chi connectivity index (χ3v) is 6.34. The van der Waals surface area contributed by atoms with E-state index >= 15 is 0 Å². The number of fused-ring (bicyclic) bond motifs is 1. The number of carbonyl (C=O) groups excluding carboxylic acids is 1. The van der Waals surface area contributed by atoms with Crippen molar-refractivity contribution < 1.29 is 4.79 Å². The van der Waals surface area contributed by atoms with Gasteiger partial charge in [-0.05, 0) is 40.5 Å². The lowest BCUT2D eigenvalue weighted by Gasteiger charge is -2.04. The van der Waals surface area contributed by atoms with Gasteiger partial charge in [-0.2, -0.15) is 15.3 Å². The van der Waals surface area contributed by atoms with Gasteiger partial charge in [0.05, 0.1) is 16.7 Å². The van der Waals surface area contributed by atoms with E-state index in [9.17, 15) is 4.79 Å². The van der Waals surface area contributed by atoms with Crippen molar-refractivity contribution in [2.24, 2.45) is 0 Å². The number of nitrogens with one attached hydrogen (secondary N) is 1. The summed E-state index contributed by atoms with van der Waals surface area (Å²) in [7, 11) is 0. The number of rotatable bonds is 6. The summed E-state index contributed by atoms with van der Waals surface area (Å²) in [6.07, 6.45) is 5.17. The molecular weight excluding hydrogens is 543 g/mol. The molecular formula is C22H17BrCl2N8O. The zero-order valence-electron chi connectivity index (χ0n) is 17.8. The van der Waals surface area contributed by atoms with E-state index in [2.05, 4.69) is 41.5 Å². The molecule has 0 atom stereocenters. The molecule has 0 saturated heterocycles. The zero-order valence-corrected chi connectivity index (χ0v) is 20.9. The average Bonchev–Trinajstić information content (AvgIpc) is 3.52. The van der Waals surface area contributed by atoms with Crippen LogP contribution < -0.4 is 5.32 Å². The number of nitrogens with zero attached hydrogens (tertiary/aromatic N) is 7. The second-order valence-corrected chi connectivity index (χ2v) is 9.05. The van der Waals surface area contributed by atoms with Crippen molar-refractivity contribution >= 4 is 56.5 Å². The molecule has 1 amide bonds. The Morgan fingerprint density at radius 2 is 1.88 bits per heavy atom. The van der Waals surface area contributed by atoms with Gasteiger partial charge in [-0.3, -0.25) is 14.2 Å². The molecule has 0 aliphatic rings. The molecule has 1 N–H and O–H groups in total. The third kappa shape index (κ3) is 4.31. The predicted octanol–water partition coefficient (Wildman–Crippen LogP) is 5.18. The summed E-state index contributed by atoms with van der Waals surface area (Å²) in [5, 5.41) is 17.1. The highest BCUT2D eigenvalue weighted by molar-refractivity contribution is 9.10. The van der Waals surface area contributed by atoms with Crippen LogP contribution in [0.15, 0.2) is 59.5 Å². The summed E-state index contributed by atoms with van der Waals surface area (Å²) in [6.45, 7) is 3.14. The molecule has 0 aliphatic heterocycles. The summed E-state index contributed by atoms with van der Waals surface area (Å²) in [5.41, 5.74) is 2.96. The van der Waals surface area contributed by atoms with Gasteiger partial charge in [-0.1, -0.05) is 41.4 Å². The molecule has 4 aromatic heterocycles. The highest BCUT2D eigenvalue weighted by Crippen LogP contribution is 2.27. The van der Waals surface area contributed by atoms with Gasteiger partial charge in [0, 0.05) is 36.2 Å². The Bertz CT molecular complexity index is 1520. The summed E-state index contributed by atoms with van der Waals surface area (Å²) in [5.74, 6) is -0.229. The molecule has 0 unspecified atom stereocenters. The van der Waals surface area contributed by atoms with Crippen molar-refractivity contribution in [3.05, 3.63) is 80.8 Å². The Labute approximate surface area is 212 Å². The minimum atomic E-state index is -0.459. The lowest BCUT2D eigenvalue weighted by molar-refractivity contribution is 0.102. The minimum Gasteiger partial charge on any atom is -0.302 e. The van der Waals surface area contributed by atoms with Crippen molar-refractivity contribution in [1.82, 2.24) is 34.2 Å². The molecule has 0 radical (unpaired) electrons. The van der Waals surface area contributed by atoms with Gasteiger partial charge in [0.25, 0.3) is 5.91 Å². The zero-order chi connectivity index (χ0) is 23.8. The summed E-state index contributed by atoms with van der Waals surface area (Å²) in [4.78, 5) is 17.3. The van der Waals surface area contributed by atoms with Crippen molar-refractivity contribution in [2.45, 2.75) is 20.0 Å². The number of hydrogen-bond donors (Lipinski definition) is 1. The quantitative estimate of drug-likeness (QED) is 0.309. The van der Waals surface area contributed by atoms with E-state index in [1.54, 1.807) is 33.7 Å². The van der Waals surface area contributed by atoms with Crippen LogP contribution in [0.1, 0.15) is 23.0 Å². The molecule has 12 heteroatoms. The van der Waals surface area contributed by atoms with Gasteiger partial charge >= 0.3 is 0 Å². The standard InChI is InChI=1S/C22H17BrCl2N8O/c1-2-31-11-14(23)20(29-31)18-7-8-26-19-9-17(28-33(18)19)22(34)27-21-16(25)12-32(30-21)10-13-5-3-4-6-15(13)24/h3-9,11-12H,2,10H2,1H3,(H,27,30,34). The Hall–Kier alpha value is -3.21. The Morgan fingerprint density at radius 3 is 2.65 bits per heavy atom. The van der Waals surface area contributed by atoms with E-state index < -0.39 is 5.91 Å². The molecule has 34 heavy (non-hydrogen) atoms. The van der Waals surface area contributed by atoms with Gasteiger partial charge in [-0.25, -0.2) is 9.50 Å². The van der Waals surface area contributed by atoms with Gasteiger partial charge in [0.1, 0.15) is 10.7 Å². The second kappa shape index (κ2) is 9.21. The van der Waals surface area contributed by atoms with Crippen LogP contribution in [-0.2, 0) is 13.1 Å². The molecule has 5 aromatic rings. The first-order chi connectivity index (χ1) is 16.4. The maximum Gasteiger partial charge on any atom is 0.277 e. The van der Waals surface area contributed by atoms with Crippen molar-refractivity contribution in [1.29, 1.82) is 0 Å². The third-order valence-electron chi connectivity index (χ3n) is 5.11. The fraction of sp³-hybridized carbons (Fsp3) is 0.136. The minimum absolute atomic E-state index is 0.169. The van der Waals surface area contributed by atoms with Crippen molar-refractivity contribution in [2.75, 3.05) is 5.32 Å². The molecule has 5 rings (SSSR count). The number of amides is 1. The van der Waals surface area contributed by atoms with E-state index in [0.717, 1.165) is 16.6 Å². The maximum atomic E-state index is 13.0. The van der Waals surface area contributed by atoms with E-state index in [1.165, 1.54) is 0 Å². The van der Waals surface area contributed by atoms with E-state index in [-0.39, 0.29) is 11.5 Å². The Kier molecular flexibility index (Phi) is 6.11. The van der Waals surface area contributed by atoms with Crippen molar-refractivity contribution in [3.8, 4) is 11.4 Å². The topological polar surface area (TPSA) is 94.9 Å². The first-order valence-corrected chi connectivity index (χ1v) is 11.8. The molecule has 4 heterocycles. The molecule has 0 bridgehead atoms. The smallest absolute Gasteiger partial charge is 0.277 e. The van der Waals surface area contributed by atoms with E-state index in [4.69, 9.17) is 23.2 Å². The number of aromatic nitrogens is 7. The van der Waals surface area contributed by atoms with Crippen LogP contribution in [-0.4, -0.2) is 40.1 Å². The largest absolute Gasteiger partial charge is 0.302 e. The second-order valence-electron chi connectivity index (χ2n) is 7.38. The van der Waals surface area contributed by atoms with Gasteiger partial charge in [-0.15, -0.1) is 0 Å². The van der Waals surface area contributed by atoms with Crippen molar-refractivity contribution in [3.63, 3.8) is 0 Å². The number of benzene rings is 1. The average molecular weight is 560 g/mol. The SMILES string of the molecule is CCn1cc(Br)c(-c2ccnc3cc(C(=O)Nc4nn(Cc5ccccc5Cl)cc4Cl)nn23)n1. The summed E-state index contributed by atoms with van der Waals surface area (Å²) >= 11 is 16.1. The highest BCUT2D eigenvalue weighted by atomic mass is 79.9. The Morgan fingerprint density at radius 1 is 1.06 bits per heavy atom. The predicted molar refractivity (Wildman–Crippen MR) is 133 cm³/mol. The highest BCUT2D eigenvalue weighted by Gasteiger charge is 2.19. The number of halogens is 3. The lowest BCUT2D eigenvalue weighted by Crippen LogP contribution is -2.14.